The van der Waals surface area contributed by atoms with Crippen molar-refractivity contribution >= 4 is 23.4 Å². The quantitative estimate of drug-likeness (QED) is 0.619. The van der Waals surface area contributed by atoms with E-state index in [1.165, 1.54) is 0 Å². The summed E-state index contributed by atoms with van der Waals surface area (Å²) < 4.78 is 5.18. The molecule has 0 atom stereocenters. The fourth-order valence-corrected chi connectivity index (χ4v) is 3.43. The van der Waals surface area contributed by atoms with E-state index in [0.29, 0.717) is 29.6 Å². The van der Waals surface area contributed by atoms with Crippen molar-refractivity contribution in [2.45, 2.75) is 19.8 Å². The summed E-state index contributed by atoms with van der Waals surface area (Å²) in [5.41, 5.74) is 3.02. The molecule has 6 heteroatoms. The number of carbonyl (C=O) groups excluding carboxylic acids is 1. The van der Waals surface area contributed by atoms with Crippen LogP contribution in [0.3, 0.4) is 0 Å². The Hall–Kier alpha value is -3.41. The molecule has 1 saturated heterocycles. The van der Waals surface area contributed by atoms with Gasteiger partial charge in [-0.2, -0.15) is 4.98 Å². The van der Waals surface area contributed by atoms with Crippen LogP contribution in [-0.2, 0) is 4.74 Å². The van der Waals surface area contributed by atoms with Gasteiger partial charge in [-0.15, -0.1) is 0 Å². The fourth-order valence-electron chi connectivity index (χ4n) is 3.43. The summed E-state index contributed by atoms with van der Waals surface area (Å²) >= 11 is 0. The molecular weight excluding hydrogens is 364 g/mol. The zero-order valence-electron chi connectivity index (χ0n) is 16.5. The average molecular weight is 388 g/mol. The Morgan fingerprint density at radius 1 is 1.03 bits per heavy atom. The van der Waals surface area contributed by atoms with Gasteiger partial charge < -0.3 is 15.0 Å². The number of esters is 1. The highest BCUT2D eigenvalue weighted by Gasteiger charge is 2.18. The van der Waals surface area contributed by atoms with Crippen molar-refractivity contribution in [1.82, 2.24) is 9.97 Å². The highest BCUT2D eigenvalue weighted by Crippen LogP contribution is 2.27. The molecule has 2 aromatic carbocycles. The van der Waals surface area contributed by atoms with Gasteiger partial charge in [0.05, 0.1) is 23.6 Å². The maximum atomic E-state index is 12.3. The molecule has 6 nitrogen and oxygen atoms in total. The first kappa shape index (κ1) is 18.9. The van der Waals surface area contributed by atoms with E-state index in [-0.39, 0.29) is 5.97 Å². The van der Waals surface area contributed by atoms with Crippen LogP contribution in [0.25, 0.3) is 11.3 Å². The second kappa shape index (κ2) is 8.73. The second-order valence-electron chi connectivity index (χ2n) is 6.89. The number of anilines is 3. The van der Waals surface area contributed by atoms with Gasteiger partial charge in [0, 0.05) is 24.7 Å². The van der Waals surface area contributed by atoms with Gasteiger partial charge in [0.15, 0.2) is 0 Å². The third-order valence-electron chi connectivity index (χ3n) is 4.86. The van der Waals surface area contributed by atoms with Crippen LogP contribution in [0.5, 0.6) is 0 Å². The summed E-state index contributed by atoms with van der Waals surface area (Å²) in [6, 6.07) is 19.3. The van der Waals surface area contributed by atoms with Crippen molar-refractivity contribution in [2.24, 2.45) is 0 Å². The number of rotatable bonds is 6. The third kappa shape index (κ3) is 4.37. The molecule has 2 heterocycles. The molecule has 1 aromatic heterocycles. The molecule has 1 N–H and O–H groups in total. The highest BCUT2D eigenvalue weighted by molar-refractivity contribution is 5.96. The Labute approximate surface area is 170 Å². The summed E-state index contributed by atoms with van der Waals surface area (Å²) in [6.07, 6.45) is 2.29. The van der Waals surface area contributed by atoms with E-state index < -0.39 is 0 Å². The Bertz CT molecular complexity index is 985. The van der Waals surface area contributed by atoms with Gasteiger partial charge in [-0.25, -0.2) is 9.78 Å². The van der Waals surface area contributed by atoms with Gasteiger partial charge in [0.25, 0.3) is 0 Å². The Morgan fingerprint density at radius 3 is 2.52 bits per heavy atom. The number of para-hydroxylation sites is 1. The molecule has 0 unspecified atom stereocenters. The van der Waals surface area contributed by atoms with Crippen molar-refractivity contribution in [3.8, 4) is 11.3 Å². The SMILES string of the molecule is CCOC(=O)c1ccccc1Nc1cc(-c2ccccc2)nc(N2CCCC2)n1. The van der Waals surface area contributed by atoms with E-state index in [4.69, 9.17) is 14.7 Å². The van der Waals surface area contributed by atoms with E-state index in [2.05, 4.69) is 10.2 Å². The lowest BCUT2D eigenvalue weighted by atomic mass is 10.1. The van der Waals surface area contributed by atoms with Crippen LogP contribution in [0.15, 0.2) is 60.7 Å². The fraction of sp³-hybridized carbons (Fsp3) is 0.261. The number of aromatic nitrogens is 2. The first-order chi connectivity index (χ1) is 14.2. The Kier molecular flexibility index (Phi) is 5.70. The zero-order valence-corrected chi connectivity index (χ0v) is 16.5. The van der Waals surface area contributed by atoms with Crippen molar-refractivity contribution in [3.05, 3.63) is 66.2 Å². The topological polar surface area (TPSA) is 67.3 Å². The van der Waals surface area contributed by atoms with Gasteiger partial charge in [-0.1, -0.05) is 42.5 Å². The van der Waals surface area contributed by atoms with Gasteiger partial charge in [0.1, 0.15) is 5.82 Å². The molecule has 1 fully saturated rings. The van der Waals surface area contributed by atoms with E-state index in [1.807, 2.05) is 54.6 Å². The van der Waals surface area contributed by atoms with Gasteiger partial charge in [0.2, 0.25) is 5.95 Å². The molecule has 3 aromatic rings. The zero-order chi connectivity index (χ0) is 20.1. The molecule has 1 aliphatic heterocycles. The summed E-state index contributed by atoms with van der Waals surface area (Å²) in [6.45, 7) is 4.04. The third-order valence-corrected chi connectivity index (χ3v) is 4.86. The Morgan fingerprint density at radius 2 is 1.76 bits per heavy atom. The maximum Gasteiger partial charge on any atom is 0.340 e. The lowest BCUT2D eigenvalue weighted by molar-refractivity contribution is 0.0527. The summed E-state index contributed by atoms with van der Waals surface area (Å²) in [5.74, 6) is 1.00. The molecule has 148 valence electrons. The molecule has 0 saturated carbocycles. The molecule has 0 amide bonds. The largest absolute Gasteiger partial charge is 0.462 e. The maximum absolute atomic E-state index is 12.3. The smallest absolute Gasteiger partial charge is 0.340 e. The highest BCUT2D eigenvalue weighted by atomic mass is 16.5. The van der Waals surface area contributed by atoms with Crippen LogP contribution in [0.2, 0.25) is 0 Å². The van der Waals surface area contributed by atoms with Crippen LogP contribution in [-0.4, -0.2) is 35.6 Å². The number of ether oxygens (including phenoxy) is 1. The van der Waals surface area contributed by atoms with E-state index in [1.54, 1.807) is 13.0 Å². The Balaban J connectivity index is 1.72. The van der Waals surface area contributed by atoms with Crippen molar-refractivity contribution in [2.75, 3.05) is 29.9 Å². The van der Waals surface area contributed by atoms with Crippen LogP contribution in [0.1, 0.15) is 30.1 Å². The lowest BCUT2D eigenvalue weighted by Crippen LogP contribution is -2.21. The minimum Gasteiger partial charge on any atom is -0.462 e. The number of nitrogens with one attached hydrogen (secondary N) is 1. The number of hydrogen-bond donors (Lipinski definition) is 1. The first-order valence-corrected chi connectivity index (χ1v) is 9.97. The summed E-state index contributed by atoms with van der Waals surface area (Å²) in [5, 5.41) is 3.31. The van der Waals surface area contributed by atoms with E-state index in [0.717, 1.165) is 37.2 Å². The van der Waals surface area contributed by atoms with Crippen molar-refractivity contribution in [3.63, 3.8) is 0 Å². The van der Waals surface area contributed by atoms with E-state index >= 15 is 0 Å². The molecular formula is C23H24N4O2. The summed E-state index contributed by atoms with van der Waals surface area (Å²) in [4.78, 5) is 24.1. The lowest BCUT2D eigenvalue weighted by Gasteiger charge is -2.18. The number of nitrogens with zero attached hydrogens (tertiary/aromatic N) is 3. The van der Waals surface area contributed by atoms with Crippen LogP contribution in [0.4, 0.5) is 17.5 Å². The predicted molar refractivity (Wildman–Crippen MR) is 115 cm³/mol. The van der Waals surface area contributed by atoms with Crippen LogP contribution >= 0.6 is 0 Å². The first-order valence-electron chi connectivity index (χ1n) is 9.97. The molecule has 4 rings (SSSR count). The van der Waals surface area contributed by atoms with E-state index in [9.17, 15) is 4.79 Å². The monoisotopic (exact) mass is 388 g/mol. The van der Waals surface area contributed by atoms with Crippen LogP contribution in [0, 0.1) is 0 Å². The number of benzene rings is 2. The van der Waals surface area contributed by atoms with Crippen LogP contribution < -0.4 is 10.2 Å². The molecule has 1 aliphatic rings. The molecule has 29 heavy (non-hydrogen) atoms. The normalized spacial score (nSPS) is 13.3. The molecule has 0 aliphatic carbocycles. The van der Waals surface area contributed by atoms with Crippen molar-refractivity contribution in [1.29, 1.82) is 0 Å². The van der Waals surface area contributed by atoms with Crippen molar-refractivity contribution < 1.29 is 9.53 Å². The molecule has 0 spiro atoms. The second-order valence-corrected chi connectivity index (χ2v) is 6.89. The van der Waals surface area contributed by atoms with Gasteiger partial charge in [-0.3, -0.25) is 0 Å². The number of hydrogen-bond acceptors (Lipinski definition) is 6. The predicted octanol–water partition coefficient (Wildman–Crippen LogP) is 4.66. The molecule has 0 radical (unpaired) electrons. The number of carbonyl (C=O) groups is 1. The summed E-state index contributed by atoms with van der Waals surface area (Å²) in [7, 11) is 0. The molecule has 0 bridgehead atoms. The standard InChI is InChI=1S/C23H24N4O2/c1-2-29-22(28)18-12-6-7-13-19(18)24-21-16-20(17-10-4-3-5-11-17)25-23(26-21)27-14-8-9-15-27/h3-7,10-13,16H,2,8-9,14-15H2,1H3,(H,24,25,26). The van der Waals surface area contributed by atoms with Gasteiger partial charge in [-0.05, 0) is 31.9 Å². The minimum atomic E-state index is -0.354. The average Bonchev–Trinajstić information content (AvgIpc) is 3.30. The van der Waals surface area contributed by atoms with Gasteiger partial charge >= 0.3 is 5.97 Å². The minimum absolute atomic E-state index is 0.331.